The van der Waals surface area contributed by atoms with Gasteiger partial charge in [-0.3, -0.25) is 4.68 Å². The largest absolute Gasteiger partial charge is 0.508 e. The Hall–Kier alpha value is -2.75. The van der Waals surface area contributed by atoms with Crippen molar-refractivity contribution >= 4 is 0 Å². The van der Waals surface area contributed by atoms with Gasteiger partial charge in [0.1, 0.15) is 11.5 Å². The summed E-state index contributed by atoms with van der Waals surface area (Å²) in [5.74, 6) is 0.489. The fourth-order valence-electron chi connectivity index (χ4n) is 3.01. The minimum absolute atomic E-state index is 0.116. The van der Waals surface area contributed by atoms with Crippen molar-refractivity contribution in [3.05, 3.63) is 54.1 Å². The lowest BCUT2D eigenvalue weighted by Gasteiger charge is -2.21. The predicted molar refractivity (Wildman–Crippen MR) is 96.1 cm³/mol. The van der Waals surface area contributed by atoms with Crippen molar-refractivity contribution in [3.8, 4) is 34.0 Å². The lowest BCUT2D eigenvalue weighted by atomic mass is 9.82. The number of aromatic hydroxyl groups is 2. The van der Waals surface area contributed by atoms with Crippen molar-refractivity contribution in [1.82, 2.24) is 9.78 Å². The fraction of sp³-hybridized carbons (Fsp3) is 0.250. The Balaban J connectivity index is 2.27. The second kappa shape index (κ2) is 5.71. The molecule has 0 bridgehead atoms. The van der Waals surface area contributed by atoms with E-state index in [1.165, 1.54) is 0 Å². The molecule has 124 valence electrons. The summed E-state index contributed by atoms with van der Waals surface area (Å²) < 4.78 is 1.88. The van der Waals surface area contributed by atoms with Gasteiger partial charge in [0.15, 0.2) is 0 Å². The average Bonchev–Trinajstić information content (AvgIpc) is 2.86. The minimum atomic E-state index is -0.116. The zero-order valence-corrected chi connectivity index (χ0v) is 14.4. The third-order valence-corrected chi connectivity index (χ3v) is 4.08. The first-order chi connectivity index (χ1) is 11.3. The predicted octanol–water partition coefficient (Wildman–Crippen LogP) is 4.46. The molecule has 2 N–H and O–H groups in total. The van der Waals surface area contributed by atoms with E-state index in [-0.39, 0.29) is 16.9 Å². The summed E-state index contributed by atoms with van der Waals surface area (Å²) in [6, 6.07) is 14.3. The quantitative estimate of drug-likeness (QED) is 0.732. The van der Waals surface area contributed by atoms with Crippen LogP contribution in [0.3, 0.4) is 0 Å². The third kappa shape index (κ3) is 2.87. The van der Waals surface area contributed by atoms with Crippen molar-refractivity contribution < 1.29 is 10.2 Å². The van der Waals surface area contributed by atoms with Crippen LogP contribution in [-0.4, -0.2) is 20.0 Å². The standard InChI is InChI=1S/C20H22N2O2/c1-20(2,3)17-18(13-5-9-15(23)10-6-13)21-22(4)19(17)14-7-11-16(24)12-8-14/h5-12,23-24H,1-4H3. The van der Waals surface area contributed by atoms with E-state index in [1.54, 1.807) is 24.3 Å². The van der Waals surface area contributed by atoms with E-state index in [9.17, 15) is 10.2 Å². The summed E-state index contributed by atoms with van der Waals surface area (Å²) >= 11 is 0. The van der Waals surface area contributed by atoms with E-state index in [2.05, 4.69) is 20.8 Å². The van der Waals surface area contributed by atoms with Crippen LogP contribution in [0.1, 0.15) is 26.3 Å². The van der Waals surface area contributed by atoms with Crippen LogP contribution >= 0.6 is 0 Å². The number of phenols is 2. The normalized spacial score (nSPS) is 11.7. The van der Waals surface area contributed by atoms with Gasteiger partial charge >= 0.3 is 0 Å². The molecule has 0 aliphatic carbocycles. The van der Waals surface area contributed by atoms with E-state index in [1.807, 2.05) is 36.0 Å². The van der Waals surface area contributed by atoms with Crippen molar-refractivity contribution in [2.75, 3.05) is 0 Å². The van der Waals surface area contributed by atoms with Gasteiger partial charge in [0.05, 0.1) is 11.4 Å². The molecule has 3 aromatic rings. The molecule has 24 heavy (non-hydrogen) atoms. The molecule has 2 aromatic carbocycles. The summed E-state index contributed by atoms with van der Waals surface area (Å²) in [4.78, 5) is 0. The summed E-state index contributed by atoms with van der Waals surface area (Å²) in [7, 11) is 1.93. The SMILES string of the molecule is Cn1nc(-c2ccc(O)cc2)c(C(C)(C)C)c1-c1ccc(O)cc1. The number of hydrogen-bond acceptors (Lipinski definition) is 3. The summed E-state index contributed by atoms with van der Waals surface area (Å²) in [5, 5.41) is 23.9. The maximum atomic E-state index is 9.57. The van der Waals surface area contributed by atoms with Gasteiger partial charge < -0.3 is 10.2 Å². The van der Waals surface area contributed by atoms with Crippen LogP contribution in [0.4, 0.5) is 0 Å². The Bertz CT molecular complexity index is 854. The van der Waals surface area contributed by atoms with E-state index in [0.717, 1.165) is 28.1 Å². The number of hydrogen-bond donors (Lipinski definition) is 2. The van der Waals surface area contributed by atoms with Crippen LogP contribution in [0.5, 0.6) is 11.5 Å². The molecular formula is C20H22N2O2. The lowest BCUT2D eigenvalue weighted by Crippen LogP contribution is -2.13. The maximum absolute atomic E-state index is 9.57. The van der Waals surface area contributed by atoms with Crippen LogP contribution in [0.15, 0.2) is 48.5 Å². The minimum Gasteiger partial charge on any atom is -0.508 e. The van der Waals surface area contributed by atoms with Crippen molar-refractivity contribution in [1.29, 1.82) is 0 Å². The fourth-order valence-corrected chi connectivity index (χ4v) is 3.01. The number of aryl methyl sites for hydroxylation is 1. The number of rotatable bonds is 2. The van der Waals surface area contributed by atoms with Gasteiger partial charge in [0.2, 0.25) is 0 Å². The van der Waals surface area contributed by atoms with Crippen LogP contribution in [0, 0.1) is 0 Å². The molecule has 4 nitrogen and oxygen atoms in total. The Labute approximate surface area is 142 Å². The zero-order chi connectivity index (χ0) is 17.5. The molecule has 0 atom stereocenters. The van der Waals surface area contributed by atoms with E-state index in [0.29, 0.717) is 0 Å². The molecule has 0 saturated heterocycles. The monoisotopic (exact) mass is 322 g/mol. The van der Waals surface area contributed by atoms with Crippen molar-refractivity contribution in [3.63, 3.8) is 0 Å². The highest BCUT2D eigenvalue weighted by Crippen LogP contribution is 2.40. The first-order valence-electron chi connectivity index (χ1n) is 7.93. The Kier molecular flexibility index (Phi) is 3.84. The van der Waals surface area contributed by atoms with Crippen LogP contribution in [0.25, 0.3) is 22.5 Å². The molecule has 1 aromatic heterocycles. The van der Waals surface area contributed by atoms with Crippen LogP contribution in [0.2, 0.25) is 0 Å². The van der Waals surface area contributed by atoms with Gasteiger partial charge in [-0.05, 0) is 53.9 Å². The molecule has 0 saturated carbocycles. The third-order valence-electron chi connectivity index (χ3n) is 4.08. The molecular weight excluding hydrogens is 300 g/mol. The van der Waals surface area contributed by atoms with Gasteiger partial charge in [-0.1, -0.05) is 20.8 Å². The molecule has 0 spiro atoms. The average molecular weight is 322 g/mol. The molecule has 0 aliphatic heterocycles. The molecule has 0 unspecified atom stereocenters. The maximum Gasteiger partial charge on any atom is 0.115 e. The molecule has 3 rings (SSSR count). The van der Waals surface area contributed by atoms with Crippen LogP contribution in [-0.2, 0) is 12.5 Å². The van der Waals surface area contributed by atoms with Gasteiger partial charge in [0.25, 0.3) is 0 Å². The topological polar surface area (TPSA) is 58.3 Å². The Morgan fingerprint density at radius 1 is 0.792 bits per heavy atom. The van der Waals surface area contributed by atoms with Gasteiger partial charge in [-0.15, -0.1) is 0 Å². The molecule has 0 amide bonds. The highest BCUT2D eigenvalue weighted by molar-refractivity contribution is 5.76. The highest BCUT2D eigenvalue weighted by Gasteiger charge is 2.28. The number of phenolic OH excluding ortho intramolecular Hbond substituents is 2. The molecule has 4 heteroatoms. The van der Waals surface area contributed by atoms with E-state index < -0.39 is 0 Å². The van der Waals surface area contributed by atoms with Gasteiger partial charge in [0, 0.05) is 23.7 Å². The van der Waals surface area contributed by atoms with Crippen molar-refractivity contribution in [2.24, 2.45) is 7.05 Å². The highest BCUT2D eigenvalue weighted by atomic mass is 16.3. The first kappa shape index (κ1) is 16.1. The second-order valence-electron chi connectivity index (χ2n) is 7.04. The number of benzene rings is 2. The number of aromatic nitrogens is 2. The number of nitrogens with zero attached hydrogens (tertiary/aromatic N) is 2. The second-order valence-corrected chi connectivity index (χ2v) is 7.04. The lowest BCUT2D eigenvalue weighted by molar-refractivity contribution is 0.475. The Morgan fingerprint density at radius 2 is 1.25 bits per heavy atom. The smallest absolute Gasteiger partial charge is 0.115 e. The van der Waals surface area contributed by atoms with E-state index >= 15 is 0 Å². The van der Waals surface area contributed by atoms with Gasteiger partial charge in [-0.2, -0.15) is 5.10 Å². The van der Waals surface area contributed by atoms with Crippen LogP contribution < -0.4 is 0 Å². The zero-order valence-electron chi connectivity index (χ0n) is 14.4. The molecule has 1 heterocycles. The first-order valence-corrected chi connectivity index (χ1v) is 7.93. The van der Waals surface area contributed by atoms with Crippen molar-refractivity contribution in [2.45, 2.75) is 26.2 Å². The molecule has 0 fully saturated rings. The summed E-state index contributed by atoms with van der Waals surface area (Å²) in [6.07, 6.45) is 0. The van der Waals surface area contributed by atoms with Gasteiger partial charge in [-0.25, -0.2) is 0 Å². The van der Waals surface area contributed by atoms with E-state index in [4.69, 9.17) is 5.10 Å². The molecule has 0 radical (unpaired) electrons. The molecule has 0 aliphatic rings. The summed E-state index contributed by atoms with van der Waals surface area (Å²) in [5.41, 5.74) is 4.95. The summed E-state index contributed by atoms with van der Waals surface area (Å²) in [6.45, 7) is 6.49. The Morgan fingerprint density at radius 3 is 1.71 bits per heavy atom.